The minimum atomic E-state index is -0.378. The maximum Gasteiger partial charge on any atom is 0.323 e. The first-order valence-corrected chi connectivity index (χ1v) is 9.81. The summed E-state index contributed by atoms with van der Waals surface area (Å²) in [7, 11) is 0. The van der Waals surface area contributed by atoms with Crippen LogP contribution in [0.4, 0.5) is 16.2 Å². The number of urea groups is 1. The number of nitrogens with one attached hydrogen (secondary N) is 2. The second kappa shape index (κ2) is 8.64. The summed E-state index contributed by atoms with van der Waals surface area (Å²) < 4.78 is 18.5. The van der Waals surface area contributed by atoms with Crippen molar-refractivity contribution in [2.45, 2.75) is 0 Å². The molecule has 2 amide bonds. The van der Waals surface area contributed by atoms with Gasteiger partial charge in [0.2, 0.25) is 5.88 Å². The summed E-state index contributed by atoms with van der Waals surface area (Å²) in [6, 6.07) is 15.3. The number of rotatable bonds is 5. The number of fused-ring (bicyclic) bond motifs is 1. The lowest BCUT2D eigenvalue weighted by Gasteiger charge is -2.19. The van der Waals surface area contributed by atoms with Gasteiger partial charge in [0.05, 0.1) is 0 Å². The number of benzene rings is 2. The van der Waals surface area contributed by atoms with Gasteiger partial charge in [0, 0.05) is 35.9 Å². The van der Waals surface area contributed by atoms with Crippen molar-refractivity contribution in [3.8, 4) is 28.9 Å². The van der Waals surface area contributed by atoms with Crippen molar-refractivity contribution in [3.63, 3.8) is 0 Å². The molecular formula is C22H18N6O4. The fraction of sp³-hybridized carbons (Fsp3) is 0.0909. The molecule has 0 radical (unpaired) electrons. The molecule has 32 heavy (non-hydrogen) atoms. The monoisotopic (exact) mass is 430 g/mol. The zero-order valence-corrected chi connectivity index (χ0v) is 16.8. The zero-order valence-electron chi connectivity index (χ0n) is 16.8. The number of ether oxygens (including phenoxy) is 3. The number of aromatic nitrogens is 4. The molecule has 2 N–H and O–H groups in total. The Morgan fingerprint density at radius 3 is 2.44 bits per heavy atom. The first-order valence-electron chi connectivity index (χ1n) is 9.81. The summed E-state index contributed by atoms with van der Waals surface area (Å²) in [4.78, 5) is 16.3. The Labute approximate surface area is 182 Å². The number of imidazole rings is 1. The molecule has 4 aromatic rings. The van der Waals surface area contributed by atoms with E-state index in [4.69, 9.17) is 14.2 Å². The SMILES string of the molecule is O=C(Nc1ccc(Oc2ccc(-n3ccnc3)nn2)cc1)Nc1ccc2c(c1)OCCO2. The minimum Gasteiger partial charge on any atom is -0.486 e. The Morgan fingerprint density at radius 2 is 1.69 bits per heavy atom. The summed E-state index contributed by atoms with van der Waals surface area (Å²) in [6.07, 6.45) is 5.08. The van der Waals surface area contributed by atoms with Crippen molar-refractivity contribution in [1.29, 1.82) is 0 Å². The van der Waals surface area contributed by atoms with E-state index in [9.17, 15) is 4.79 Å². The summed E-state index contributed by atoms with van der Waals surface area (Å²) in [5.74, 6) is 2.83. The average molecular weight is 430 g/mol. The smallest absolute Gasteiger partial charge is 0.323 e. The molecule has 0 atom stereocenters. The number of anilines is 2. The third-order valence-corrected chi connectivity index (χ3v) is 4.53. The summed E-state index contributed by atoms with van der Waals surface area (Å²) >= 11 is 0. The molecule has 2 aromatic heterocycles. The molecule has 2 aromatic carbocycles. The fourth-order valence-electron chi connectivity index (χ4n) is 3.04. The molecule has 1 aliphatic heterocycles. The molecule has 160 valence electrons. The highest BCUT2D eigenvalue weighted by Crippen LogP contribution is 2.32. The van der Waals surface area contributed by atoms with Gasteiger partial charge in [-0.2, -0.15) is 0 Å². The first-order chi connectivity index (χ1) is 15.7. The van der Waals surface area contributed by atoms with Crippen molar-refractivity contribution in [2.75, 3.05) is 23.8 Å². The Hall–Kier alpha value is -4.60. The molecule has 1 aliphatic rings. The molecule has 0 fully saturated rings. The van der Waals surface area contributed by atoms with Crippen molar-refractivity contribution >= 4 is 17.4 Å². The van der Waals surface area contributed by atoms with Crippen LogP contribution < -0.4 is 24.8 Å². The lowest BCUT2D eigenvalue weighted by Crippen LogP contribution is -2.20. The van der Waals surface area contributed by atoms with E-state index in [1.165, 1.54) is 0 Å². The normalized spacial score (nSPS) is 12.1. The van der Waals surface area contributed by atoms with Gasteiger partial charge < -0.3 is 24.8 Å². The van der Waals surface area contributed by atoms with Crippen LogP contribution in [-0.2, 0) is 0 Å². The van der Waals surface area contributed by atoms with Crippen LogP contribution in [0.15, 0.2) is 73.3 Å². The minimum absolute atomic E-state index is 0.353. The molecule has 0 aliphatic carbocycles. The number of nitrogens with zero attached hydrogens (tertiary/aromatic N) is 4. The van der Waals surface area contributed by atoms with Gasteiger partial charge in [0.15, 0.2) is 17.3 Å². The summed E-state index contributed by atoms with van der Waals surface area (Å²) in [6.45, 7) is 1.00. The van der Waals surface area contributed by atoms with E-state index >= 15 is 0 Å². The molecule has 0 unspecified atom stereocenters. The molecule has 10 heteroatoms. The van der Waals surface area contributed by atoms with E-state index in [0.29, 0.717) is 53.5 Å². The first kappa shape index (κ1) is 19.4. The Morgan fingerprint density at radius 1 is 0.906 bits per heavy atom. The number of hydrogen-bond acceptors (Lipinski definition) is 7. The third-order valence-electron chi connectivity index (χ3n) is 4.53. The number of amides is 2. The number of hydrogen-bond donors (Lipinski definition) is 2. The Bertz CT molecular complexity index is 1210. The molecular weight excluding hydrogens is 412 g/mol. The highest BCUT2D eigenvalue weighted by molar-refractivity contribution is 5.99. The van der Waals surface area contributed by atoms with Gasteiger partial charge >= 0.3 is 6.03 Å². The van der Waals surface area contributed by atoms with E-state index in [2.05, 4.69) is 25.8 Å². The van der Waals surface area contributed by atoms with Gasteiger partial charge in [-0.1, -0.05) is 0 Å². The van der Waals surface area contributed by atoms with Crippen LogP contribution in [0.3, 0.4) is 0 Å². The molecule has 0 bridgehead atoms. The van der Waals surface area contributed by atoms with Crippen LogP contribution in [0.5, 0.6) is 23.1 Å². The van der Waals surface area contributed by atoms with E-state index in [1.54, 1.807) is 77.9 Å². The van der Waals surface area contributed by atoms with Crippen LogP contribution in [0.1, 0.15) is 0 Å². The van der Waals surface area contributed by atoms with Gasteiger partial charge in [0.1, 0.15) is 25.3 Å². The number of carbonyl (C=O) groups is 1. The Balaban J connectivity index is 1.17. The molecule has 0 saturated carbocycles. The second-order valence-corrected chi connectivity index (χ2v) is 6.76. The summed E-state index contributed by atoms with van der Waals surface area (Å²) in [5.41, 5.74) is 1.21. The van der Waals surface area contributed by atoms with E-state index < -0.39 is 0 Å². The van der Waals surface area contributed by atoms with E-state index in [-0.39, 0.29) is 6.03 Å². The zero-order chi connectivity index (χ0) is 21.8. The van der Waals surface area contributed by atoms with E-state index in [0.717, 1.165) is 0 Å². The predicted octanol–water partition coefficient (Wildman–Crippen LogP) is 3.87. The van der Waals surface area contributed by atoms with Crippen molar-refractivity contribution < 1.29 is 19.0 Å². The quantitative estimate of drug-likeness (QED) is 0.494. The van der Waals surface area contributed by atoms with Crippen LogP contribution in [-0.4, -0.2) is 39.0 Å². The highest BCUT2D eigenvalue weighted by atomic mass is 16.6. The van der Waals surface area contributed by atoms with Gasteiger partial charge in [-0.25, -0.2) is 9.78 Å². The highest BCUT2D eigenvalue weighted by Gasteiger charge is 2.13. The van der Waals surface area contributed by atoms with Crippen LogP contribution in [0, 0.1) is 0 Å². The van der Waals surface area contributed by atoms with Crippen molar-refractivity contribution in [1.82, 2.24) is 19.7 Å². The van der Waals surface area contributed by atoms with Crippen LogP contribution in [0.2, 0.25) is 0 Å². The molecule has 0 saturated heterocycles. The molecule has 5 rings (SSSR count). The number of carbonyl (C=O) groups excluding carboxylic acids is 1. The fourth-order valence-corrected chi connectivity index (χ4v) is 3.04. The van der Waals surface area contributed by atoms with Crippen molar-refractivity contribution in [2.24, 2.45) is 0 Å². The van der Waals surface area contributed by atoms with Crippen molar-refractivity contribution in [3.05, 3.63) is 73.3 Å². The third kappa shape index (κ3) is 4.43. The van der Waals surface area contributed by atoms with Gasteiger partial charge in [-0.15, -0.1) is 10.2 Å². The molecule has 0 spiro atoms. The second-order valence-electron chi connectivity index (χ2n) is 6.76. The summed E-state index contributed by atoms with van der Waals surface area (Å²) in [5, 5.41) is 13.7. The predicted molar refractivity (Wildman–Crippen MR) is 116 cm³/mol. The standard InChI is InChI=1S/C22H18N6O4/c29-22(25-16-3-6-18-19(13-16)31-12-11-30-18)24-15-1-4-17(5-2-15)32-21-8-7-20(26-27-21)28-10-9-23-14-28/h1-10,13-14H,11-12H2,(H2,24,25,29). The van der Waals surface area contributed by atoms with Gasteiger partial charge in [-0.05, 0) is 42.5 Å². The Kier molecular flexibility index (Phi) is 5.23. The lowest BCUT2D eigenvalue weighted by molar-refractivity contribution is 0.171. The van der Waals surface area contributed by atoms with Gasteiger partial charge in [-0.3, -0.25) is 4.57 Å². The van der Waals surface area contributed by atoms with Crippen LogP contribution in [0.25, 0.3) is 5.82 Å². The molecule has 10 nitrogen and oxygen atoms in total. The van der Waals surface area contributed by atoms with Crippen LogP contribution >= 0.6 is 0 Å². The molecule has 3 heterocycles. The van der Waals surface area contributed by atoms with E-state index in [1.807, 2.05) is 0 Å². The van der Waals surface area contributed by atoms with Gasteiger partial charge in [0.25, 0.3) is 0 Å². The maximum absolute atomic E-state index is 12.3. The average Bonchev–Trinajstić information content (AvgIpc) is 3.36. The topological polar surface area (TPSA) is 112 Å². The maximum atomic E-state index is 12.3. The lowest BCUT2D eigenvalue weighted by atomic mass is 10.2. The largest absolute Gasteiger partial charge is 0.486 e.